The average Bonchev–Trinajstić information content (AvgIpc) is 2.71. The Kier molecular flexibility index (Phi) is 11.4. The number of amides is 3. The van der Waals surface area contributed by atoms with E-state index in [1.807, 2.05) is 5.32 Å². The second kappa shape index (κ2) is 10.9. The molecule has 6 unspecified atom stereocenters. The molecular weight excluding hydrogens is 436 g/mol. The van der Waals surface area contributed by atoms with Crippen molar-refractivity contribution in [3.05, 3.63) is 0 Å². The molecule has 2 saturated heterocycles. The largest absolute Gasteiger partial charge is 1.00 e. The fraction of sp³-hybridized carbons (Fsp3) is 0.778. The van der Waals surface area contributed by atoms with E-state index < -0.39 is 58.7 Å². The molecule has 27 heavy (non-hydrogen) atoms. The number of rotatable bonds is 6. The number of aliphatic hydroxyl groups is 2. The predicted molar refractivity (Wildman–Crippen MR) is 70.0 cm³/mol. The van der Waals surface area contributed by atoms with E-state index in [9.17, 15) is 38.7 Å². The Morgan fingerprint density at radius 1 is 1.22 bits per heavy atom. The van der Waals surface area contributed by atoms with Crippen molar-refractivity contribution in [3.8, 4) is 0 Å². The third-order valence-electron chi connectivity index (χ3n) is 3.33. The van der Waals surface area contributed by atoms with Crippen LogP contribution in [-0.4, -0.2) is 69.6 Å². The minimum atomic E-state index is -5.62. The van der Waals surface area contributed by atoms with Gasteiger partial charge in [0.25, 0.3) is 15.6 Å². The smallest absolute Gasteiger partial charge is 0.756 e. The fourth-order valence-electron chi connectivity index (χ4n) is 2.26. The monoisotopic (exact) mass is 450 g/mol. The molecule has 0 saturated carbocycles. The molecule has 0 aliphatic carbocycles. The van der Waals surface area contributed by atoms with Crippen molar-refractivity contribution in [1.29, 1.82) is 0 Å². The third kappa shape index (κ3) is 8.02. The minimum absolute atomic E-state index is 0. The first-order valence-corrected chi connectivity index (χ1v) is 9.68. The summed E-state index contributed by atoms with van der Waals surface area (Å²) in [5, 5.41) is 21.8. The first-order chi connectivity index (χ1) is 11.4. The van der Waals surface area contributed by atoms with E-state index in [0.717, 1.165) is 4.90 Å². The van der Waals surface area contributed by atoms with Gasteiger partial charge in [0, 0.05) is 13.0 Å². The number of phosphoric ester groups is 1. The number of hydrogen-bond donors (Lipinski definition) is 4. The normalized spacial score (nSPS) is 32.6. The summed E-state index contributed by atoms with van der Waals surface area (Å²) in [4.78, 5) is 53.6. The molecule has 18 heteroatoms. The summed E-state index contributed by atoms with van der Waals surface area (Å²) in [5.74, 6) is -0.537. The second-order valence-electron chi connectivity index (χ2n) is 5.14. The molecule has 2 aliphatic rings. The van der Waals surface area contributed by atoms with Crippen LogP contribution in [0.25, 0.3) is 0 Å². The second-order valence-corrected chi connectivity index (χ2v) is 7.88. The molecule has 4 N–H and O–H groups in total. The maximum absolute atomic E-state index is 11.7. The summed E-state index contributed by atoms with van der Waals surface area (Å²) < 4.78 is 34.3. The van der Waals surface area contributed by atoms with Gasteiger partial charge in [-0.25, -0.2) is 9.11 Å². The molecule has 0 bridgehead atoms. The van der Waals surface area contributed by atoms with Crippen molar-refractivity contribution < 1.29 is 116 Å². The quantitative estimate of drug-likeness (QED) is 0.219. The van der Waals surface area contributed by atoms with Crippen LogP contribution in [0, 0.1) is 0 Å². The van der Waals surface area contributed by atoms with Gasteiger partial charge in [-0.15, -0.1) is 0 Å². The Morgan fingerprint density at radius 3 is 2.33 bits per heavy atom. The summed E-state index contributed by atoms with van der Waals surface area (Å²) in [5.41, 5.74) is 0. The zero-order valence-electron chi connectivity index (χ0n) is 14.3. The van der Waals surface area contributed by atoms with Crippen molar-refractivity contribution in [2.75, 3.05) is 13.2 Å². The Morgan fingerprint density at radius 2 is 1.81 bits per heavy atom. The van der Waals surface area contributed by atoms with Gasteiger partial charge in [-0.2, -0.15) is 0 Å². The van der Waals surface area contributed by atoms with Crippen molar-refractivity contribution >= 4 is 27.6 Å². The zero-order valence-corrected chi connectivity index (χ0v) is 20.1. The standard InChI is InChI=1S/C9H16N2O12P2.2Na/c12-5-1-2-11(9(15)10-5)8-7(14)6(13)4(22-8)3-21-25(19,20)23-24(16,17)18;;/h4,6-8,13-14H,1-3H2,(H,19,20)(H,10,12,15)(H2,16,17,18);;/q;2*+1/p-2. The average molecular weight is 450 g/mol. The molecule has 3 amide bonds. The number of carbonyl (C=O) groups excluding carboxylic acids is 2. The number of nitrogens with zero attached hydrogens (tertiary/aromatic N) is 1. The number of aliphatic hydroxyl groups excluding tert-OH is 2. The molecule has 0 aromatic carbocycles. The Hall–Kier alpha value is 1.08. The molecule has 14 nitrogen and oxygen atoms in total. The maximum atomic E-state index is 11.7. The van der Waals surface area contributed by atoms with Gasteiger partial charge in [0.15, 0.2) is 6.23 Å². The van der Waals surface area contributed by atoms with Crippen LogP contribution in [0.15, 0.2) is 0 Å². The van der Waals surface area contributed by atoms with E-state index in [1.165, 1.54) is 0 Å². The SMILES string of the molecule is O=C1CCN(C2OC(COP(=O)([O-])OP(=O)([O-])O)C(O)C2O)C(=O)N1.[Na+].[Na+]. The molecule has 144 valence electrons. The van der Waals surface area contributed by atoms with E-state index in [1.54, 1.807) is 0 Å². The first-order valence-electron chi connectivity index (χ1n) is 6.72. The van der Waals surface area contributed by atoms with Crippen LogP contribution in [0.3, 0.4) is 0 Å². The summed E-state index contributed by atoms with van der Waals surface area (Å²) in [6, 6.07) is -0.875. The van der Waals surface area contributed by atoms with Gasteiger partial charge in [0.1, 0.15) is 18.3 Å². The van der Waals surface area contributed by atoms with E-state index in [4.69, 9.17) is 9.63 Å². The van der Waals surface area contributed by atoms with Gasteiger partial charge in [0.05, 0.1) is 6.61 Å². The van der Waals surface area contributed by atoms with Gasteiger partial charge >= 0.3 is 65.1 Å². The number of hydrogen-bond acceptors (Lipinski definition) is 11. The van der Waals surface area contributed by atoms with Gasteiger partial charge < -0.3 is 34.2 Å². The number of phosphoric acid groups is 2. The third-order valence-corrected chi connectivity index (χ3v) is 5.42. The number of ether oxygens (including phenoxy) is 1. The van der Waals surface area contributed by atoms with E-state index in [2.05, 4.69) is 8.83 Å². The summed E-state index contributed by atoms with van der Waals surface area (Å²) >= 11 is 0. The number of urea groups is 1. The van der Waals surface area contributed by atoms with Crippen LogP contribution in [0.1, 0.15) is 6.42 Å². The van der Waals surface area contributed by atoms with E-state index in [0.29, 0.717) is 0 Å². The van der Waals surface area contributed by atoms with Crippen LogP contribution in [0.4, 0.5) is 4.79 Å². The molecule has 6 atom stereocenters. The van der Waals surface area contributed by atoms with Crippen LogP contribution >= 0.6 is 15.6 Å². The Labute approximate surface area is 197 Å². The van der Waals surface area contributed by atoms with Crippen molar-refractivity contribution in [2.45, 2.75) is 31.0 Å². The molecule has 2 aliphatic heterocycles. The van der Waals surface area contributed by atoms with Crippen LogP contribution < -0.4 is 74.2 Å². The molecule has 0 radical (unpaired) electrons. The summed E-state index contributed by atoms with van der Waals surface area (Å²) in [7, 11) is -11.1. The van der Waals surface area contributed by atoms with Crippen LogP contribution in [-0.2, 0) is 27.5 Å². The molecular formula is C9H14N2Na2O12P2. The number of imide groups is 1. The van der Waals surface area contributed by atoms with Crippen molar-refractivity contribution in [2.24, 2.45) is 0 Å². The van der Waals surface area contributed by atoms with Crippen LogP contribution in [0.2, 0.25) is 0 Å². The van der Waals surface area contributed by atoms with E-state index in [-0.39, 0.29) is 72.1 Å². The Bertz CT molecular complexity index is 646. The van der Waals surface area contributed by atoms with Gasteiger partial charge in [-0.05, 0) is 0 Å². The van der Waals surface area contributed by atoms with Gasteiger partial charge in [-0.1, -0.05) is 0 Å². The molecule has 0 aromatic heterocycles. The van der Waals surface area contributed by atoms with Crippen molar-refractivity contribution in [3.63, 3.8) is 0 Å². The predicted octanol–water partition coefficient (Wildman–Crippen LogP) is -9.65. The molecule has 2 fully saturated rings. The molecule has 2 heterocycles. The van der Waals surface area contributed by atoms with Gasteiger partial charge in [-0.3, -0.25) is 24.1 Å². The van der Waals surface area contributed by atoms with E-state index >= 15 is 0 Å². The van der Waals surface area contributed by atoms with Gasteiger partial charge in [0.2, 0.25) is 5.91 Å². The maximum Gasteiger partial charge on any atom is 1.00 e. The minimum Gasteiger partial charge on any atom is -0.756 e. The molecule has 0 aromatic rings. The zero-order chi connectivity index (χ0) is 19.0. The fourth-order valence-corrected chi connectivity index (χ4v) is 3.79. The van der Waals surface area contributed by atoms with Crippen LogP contribution in [0.5, 0.6) is 0 Å². The Balaban J connectivity index is 0.00000338. The first kappa shape index (κ1) is 28.1. The number of carbonyl (C=O) groups is 2. The summed E-state index contributed by atoms with van der Waals surface area (Å²) in [6.07, 6.45) is -6.28. The number of nitrogens with one attached hydrogen (secondary N) is 1. The van der Waals surface area contributed by atoms with Crippen molar-refractivity contribution in [1.82, 2.24) is 10.2 Å². The molecule has 2 rings (SSSR count). The molecule has 0 spiro atoms. The summed E-state index contributed by atoms with van der Waals surface area (Å²) in [6.45, 7) is -1.08. The topological polar surface area (TPSA) is 218 Å².